The number of carbonyl (C=O) groups excluding carboxylic acids is 1. The molecule has 22 heavy (non-hydrogen) atoms. The summed E-state index contributed by atoms with van der Waals surface area (Å²) in [6.07, 6.45) is 6.74. The Bertz CT molecular complexity index is 736. The summed E-state index contributed by atoms with van der Waals surface area (Å²) in [5.74, 6) is -0.146. The maximum Gasteiger partial charge on any atom is 0.242 e. The Morgan fingerprint density at radius 1 is 1.36 bits per heavy atom. The number of amides is 1. The van der Waals surface area contributed by atoms with E-state index in [-0.39, 0.29) is 18.5 Å². The third kappa shape index (κ3) is 3.17. The highest BCUT2D eigenvalue weighted by Gasteiger charge is 2.11. The van der Waals surface area contributed by atoms with Gasteiger partial charge in [-0.05, 0) is 35.0 Å². The minimum atomic E-state index is -0.146. The highest BCUT2D eigenvalue weighted by Crippen LogP contribution is 2.16. The molecule has 1 unspecified atom stereocenters. The van der Waals surface area contributed by atoms with Gasteiger partial charge in [-0.15, -0.1) is 5.10 Å². The van der Waals surface area contributed by atoms with E-state index in [9.17, 15) is 4.79 Å². The smallest absolute Gasteiger partial charge is 0.242 e. The number of imidazole rings is 1. The first-order valence-corrected chi connectivity index (χ1v) is 6.81. The number of hydrogen-bond acceptors (Lipinski definition) is 5. The van der Waals surface area contributed by atoms with Crippen LogP contribution in [0.15, 0.2) is 49.3 Å². The van der Waals surface area contributed by atoms with Crippen LogP contribution in [0.25, 0.3) is 5.69 Å². The van der Waals surface area contributed by atoms with E-state index < -0.39 is 0 Å². The van der Waals surface area contributed by atoms with E-state index >= 15 is 0 Å². The molecule has 1 atom stereocenters. The van der Waals surface area contributed by atoms with Crippen molar-refractivity contribution in [1.82, 2.24) is 35.1 Å². The van der Waals surface area contributed by atoms with Gasteiger partial charge in [0.15, 0.2) is 0 Å². The highest BCUT2D eigenvalue weighted by atomic mass is 16.2. The SMILES string of the molecule is CC(NC(=O)Cn1cnnn1)c1cccc(-n2ccnc2)c1. The van der Waals surface area contributed by atoms with Crippen LogP contribution >= 0.6 is 0 Å². The summed E-state index contributed by atoms with van der Waals surface area (Å²) < 4.78 is 3.29. The first-order chi connectivity index (χ1) is 10.7. The number of carbonyl (C=O) groups is 1. The number of aromatic nitrogens is 6. The molecule has 8 nitrogen and oxygen atoms in total. The van der Waals surface area contributed by atoms with Gasteiger partial charge < -0.3 is 9.88 Å². The molecule has 0 bridgehead atoms. The van der Waals surface area contributed by atoms with Gasteiger partial charge in [0, 0.05) is 18.1 Å². The Morgan fingerprint density at radius 2 is 2.27 bits per heavy atom. The van der Waals surface area contributed by atoms with Crippen molar-refractivity contribution >= 4 is 5.91 Å². The summed E-state index contributed by atoms with van der Waals surface area (Å²) in [4.78, 5) is 16.0. The third-order valence-electron chi connectivity index (χ3n) is 3.25. The fourth-order valence-corrected chi connectivity index (χ4v) is 2.14. The van der Waals surface area contributed by atoms with E-state index in [1.54, 1.807) is 12.5 Å². The Hall–Kier alpha value is -3.03. The van der Waals surface area contributed by atoms with Crippen LogP contribution in [-0.2, 0) is 11.3 Å². The van der Waals surface area contributed by atoms with Crippen LogP contribution in [0.1, 0.15) is 18.5 Å². The molecule has 112 valence electrons. The first-order valence-electron chi connectivity index (χ1n) is 6.81. The zero-order valence-electron chi connectivity index (χ0n) is 12.0. The molecule has 2 aromatic heterocycles. The lowest BCUT2D eigenvalue weighted by Gasteiger charge is -2.15. The van der Waals surface area contributed by atoms with Crippen molar-refractivity contribution in [3.63, 3.8) is 0 Å². The Kier molecular flexibility index (Phi) is 3.90. The van der Waals surface area contributed by atoms with Crippen LogP contribution in [0.3, 0.4) is 0 Å². The largest absolute Gasteiger partial charge is 0.348 e. The highest BCUT2D eigenvalue weighted by molar-refractivity contribution is 5.76. The summed E-state index contributed by atoms with van der Waals surface area (Å²) in [6, 6.07) is 7.81. The number of nitrogens with zero attached hydrogens (tertiary/aromatic N) is 6. The second kappa shape index (κ2) is 6.17. The van der Waals surface area contributed by atoms with Crippen molar-refractivity contribution in [2.75, 3.05) is 0 Å². The number of hydrogen-bond donors (Lipinski definition) is 1. The maximum atomic E-state index is 12.0. The van der Waals surface area contributed by atoms with E-state index in [1.165, 1.54) is 11.0 Å². The summed E-state index contributed by atoms with van der Waals surface area (Å²) in [7, 11) is 0. The van der Waals surface area contributed by atoms with Gasteiger partial charge in [-0.25, -0.2) is 9.67 Å². The van der Waals surface area contributed by atoms with Gasteiger partial charge >= 0.3 is 0 Å². The number of nitrogens with one attached hydrogen (secondary N) is 1. The lowest BCUT2D eigenvalue weighted by Crippen LogP contribution is -2.30. The minimum Gasteiger partial charge on any atom is -0.348 e. The second-order valence-corrected chi connectivity index (χ2v) is 4.86. The van der Waals surface area contributed by atoms with Crippen molar-refractivity contribution in [1.29, 1.82) is 0 Å². The molecule has 0 aliphatic carbocycles. The molecule has 0 fully saturated rings. The van der Waals surface area contributed by atoms with Crippen LogP contribution in [0, 0.1) is 0 Å². The van der Waals surface area contributed by atoms with Crippen molar-refractivity contribution in [3.05, 3.63) is 54.9 Å². The second-order valence-electron chi connectivity index (χ2n) is 4.86. The van der Waals surface area contributed by atoms with E-state index in [4.69, 9.17) is 0 Å². The van der Waals surface area contributed by atoms with Crippen LogP contribution < -0.4 is 5.32 Å². The number of tetrazole rings is 1. The minimum absolute atomic E-state index is 0.0958. The molecule has 0 spiro atoms. The van der Waals surface area contributed by atoms with E-state index in [0.29, 0.717) is 0 Å². The molecule has 0 saturated carbocycles. The zero-order valence-corrected chi connectivity index (χ0v) is 12.0. The molecule has 0 radical (unpaired) electrons. The maximum absolute atomic E-state index is 12.0. The van der Waals surface area contributed by atoms with Crippen LogP contribution in [-0.4, -0.2) is 35.7 Å². The normalized spacial score (nSPS) is 12.0. The fourth-order valence-electron chi connectivity index (χ4n) is 2.14. The van der Waals surface area contributed by atoms with Gasteiger partial charge in [0.1, 0.15) is 12.9 Å². The molecule has 1 N–H and O–H groups in total. The average Bonchev–Trinajstić information content (AvgIpc) is 3.20. The monoisotopic (exact) mass is 297 g/mol. The average molecular weight is 297 g/mol. The van der Waals surface area contributed by atoms with Crippen LogP contribution in [0.2, 0.25) is 0 Å². The predicted molar refractivity (Wildman–Crippen MR) is 77.9 cm³/mol. The van der Waals surface area contributed by atoms with Gasteiger partial charge in [0.05, 0.1) is 12.4 Å². The lowest BCUT2D eigenvalue weighted by molar-refractivity contribution is -0.122. The van der Waals surface area contributed by atoms with Gasteiger partial charge in [-0.2, -0.15) is 0 Å². The molecule has 0 aliphatic heterocycles. The standard InChI is InChI=1S/C14H15N7O/c1-11(17-14(22)8-21-10-16-18-19-21)12-3-2-4-13(7-12)20-6-5-15-9-20/h2-7,9-11H,8H2,1H3,(H,17,22). The molecule has 1 amide bonds. The van der Waals surface area contributed by atoms with Gasteiger partial charge in [0.2, 0.25) is 5.91 Å². The molecular formula is C14H15N7O. The lowest BCUT2D eigenvalue weighted by atomic mass is 10.1. The van der Waals surface area contributed by atoms with Crippen molar-refractivity contribution in [2.45, 2.75) is 19.5 Å². The van der Waals surface area contributed by atoms with Gasteiger partial charge in [-0.1, -0.05) is 12.1 Å². The summed E-state index contributed by atoms with van der Waals surface area (Å²) in [5, 5.41) is 13.6. The molecule has 0 saturated heterocycles. The summed E-state index contributed by atoms with van der Waals surface area (Å²) in [6.45, 7) is 2.03. The first kappa shape index (κ1) is 13.9. The van der Waals surface area contributed by atoms with Crippen molar-refractivity contribution in [3.8, 4) is 5.69 Å². The Balaban J connectivity index is 1.68. The van der Waals surface area contributed by atoms with E-state index in [2.05, 4.69) is 25.8 Å². The molecule has 0 aliphatic rings. The van der Waals surface area contributed by atoms with Crippen molar-refractivity contribution in [2.24, 2.45) is 0 Å². The van der Waals surface area contributed by atoms with Crippen LogP contribution in [0.4, 0.5) is 0 Å². The predicted octanol–water partition coefficient (Wildman–Crippen LogP) is 0.736. The Labute approximate surface area is 126 Å². The third-order valence-corrected chi connectivity index (χ3v) is 3.25. The number of rotatable bonds is 5. The topological polar surface area (TPSA) is 90.5 Å². The van der Waals surface area contributed by atoms with E-state index in [0.717, 1.165) is 11.3 Å². The molecule has 1 aromatic carbocycles. The molecule has 8 heteroatoms. The van der Waals surface area contributed by atoms with Crippen LogP contribution in [0.5, 0.6) is 0 Å². The molecule has 3 aromatic rings. The number of benzene rings is 1. The zero-order chi connectivity index (χ0) is 15.4. The fraction of sp³-hybridized carbons (Fsp3) is 0.214. The molecule has 2 heterocycles. The van der Waals surface area contributed by atoms with Crippen molar-refractivity contribution < 1.29 is 4.79 Å². The summed E-state index contributed by atoms with van der Waals surface area (Å²) >= 11 is 0. The summed E-state index contributed by atoms with van der Waals surface area (Å²) in [5.41, 5.74) is 2.01. The van der Waals surface area contributed by atoms with E-state index in [1.807, 2.05) is 42.0 Å². The van der Waals surface area contributed by atoms with Gasteiger partial charge in [-0.3, -0.25) is 4.79 Å². The quantitative estimate of drug-likeness (QED) is 0.750. The molecular weight excluding hydrogens is 282 g/mol. The molecule has 3 rings (SSSR count). The van der Waals surface area contributed by atoms with Gasteiger partial charge in [0.25, 0.3) is 0 Å². The Morgan fingerprint density at radius 3 is 3.00 bits per heavy atom.